The third kappa shape index (κ3) is 4.43. The number of nitrogens with zero attached hydrogens (tertiary/aromatic N) is 1. The van der Waals surface area contributed by atoms with Crippen LogP contribution in [0.2, 0.25) is 5.02 Å². The molecule has 3 aromatic rings. The van der Waals surface area contributed by atoms with Crippen molar-refractivity contribution in [1.82, 2.24) is 4.90 Å². The number of amides is 2. The van der Waals surface area contributed by atoms with Gasteiger partial charge in [-0.2, -0.15) is 0 Å². The molecule has 6 heteroatoms. The molecule has 0 spiro atoms. The van der Waals surface area contributed by atoms with Crippen molar-refractivity contribution in [2.75, 3.05) is 17.6 Å². The predicted octanol–water partition coefficient (Wildman–Crippen LogP) is 6.41. The van der Waals surface area contributed by atoms with Crippen LogP contribution in [0.3, 0.4) is 0 Å². The Bertz CT molecular complexity index is 950. The summed E-state index contributed by atoms with van der Waals surface area (Å²) in [6, 6.07) is 24.6. The molecule has 1 aliphatic heterocycles. The van der Waals surface area contributed by atoms with Gasteiger partial charge in [-0.1, -0.05) is 41.9 Å². The number of rotatable bonds is 4. The summed E-state index contributed by atoms with van der Waals surface area (Å²) >= 11 is 7.66. The molecule has 2 amide bonds. The summed E-state index contributed by atoms with van der Waals surface area (Å²) in [7, 11) is 0. The van der Waals surface area contributed by atoms with Crippen molar-refractivity contribution >= 4 is 35.1 Å². The summed E-state index contributed by atoms with van der Waals surface area (Å²) in [5.74, 6) is 2.44. The van der Waals surface area contributed by atoms with Crippen LogP contribution in [0.15, 0.2) is 78.9 Å². The van der Waals surface area contributed by atoms with Crippen molar-refractivity contribution < 1.29 is 9.53 Å². The van der Waals surface area contributed by atoms with Gasteiger partial charge in [0.15, 0.2) is 0 Å². The SMILES string of the molecule is O=C(Nc1ccc(Cl)cc1)N1CCS[C@H]1c1cccc(Oc2ccccc2)c1. The van der Waals surface area contributed by atoms with Crippen LogP contribution in [-0.4, -0.2) is 23.2 Å². The van der Waals surface area contributed by atoms with Crippen molar-refractivity contribution in [3.05, 3.63) is 89.4 Å². The second kappa shape index (κ2) is 8.59. The monoisotopic (exact) mass is 410 g/mol. The second-order valence-corrected chi connectivity index (χ2v) is 7.97. The molecule has 0 aromatic heterocycles. The molecule has 0 aliphatic carbocycles. The Balaban J connectivity index is 1.49. The minimum absolute atomic E-state index is 0.0494. The van der Waals surface area contributed by atoms with Gasteiger partial charge in [0, 0.05) is 23.0 Å². The van der Waals surface area contributed by atoms with Crippen LogP contribution >= 0.6 is 23.4 Å². The number of halogens is 1. The third-order valence-corrected chi connectivity index (χ3v) is 5.88. The number of carbonyl (C=O) groups excluding carboxylic acids is 1. The molecule has 0 bridgehead atoms. The zero-order chi connectivity index (χ0) is 19.3. The first kappa shape index (κ1) is 18.7. The molecule has 142 valence electrons. The van der Waals surface area contributed by atoms with Crippen LogP contribution in [0.4, 0.5) is 10.5 Å². The quantitative estimate of drug-likeness (QED) is 0.540. The van der Waals surface area contributed by atoms with E-state index in [1.54, 1.807) is 36.0 Å². The number of ether oxygens (including phenoxy) is 1. The average Bonchev–Trinajstić information content (AvgIpc) is 3.21. The smallest absolute Gasteiger partial charge is 0.323 e. The van der Waals surface area contributed by atoms with Gasteiger partial charge in [0.1, 0.15) is 16.9 Å². The van der Waals surface area contributed by atoms with Crippen molar-refractivity contribution in [1.29, 1.82) is 0 Å². The normalized spacial score (nSPS) is 16.0. The Morgan fingerprint density at radius 2 is 1.75 bits per heavy atom. The van der Waals surface area contributed by atoms with E-state index in [4.69, 9.17) is 16.3 Å². The lowest BCUT2D eigenvalue weighted by Crippen LogP contribution is -2.34. The lowest BCUT2D eigenvalue weighted by molar-refractivity contribution is 0.214. The maximum Gasteiger partial charge on any atom is 0.323 e. The molecule has 28 heavy (non-hydrogen) atoms. The van der Waals surface area contributed by atoms with E-state index < -0.39 is 0 Å². The number of thioether (sulfide) groups is 1. The van der Waals surface area contributed by atoms with Crippen molar-refractivity contribution in [3.63, 3.8) is 0 Å². The summed E-state index contributed by atoms with van der Waals surface area (Å²) in [6.45, 7) is 0.693. The largest absolute Gasteiger partial charge is 0.457 e. The van der Waals surface area contributed by atoms with Gasteiger partial charge in [-0.05, 0) is 54.1 Å². The molecular formula is C22H19ClN2O2S. The standard InChI is InChI=1S/C22H19ClN2O2S/c23-17-9-11-18(12-10-17)24-22(26)25-13-14-28-21(25)16-5-4-8-20(15-16)27-19-6-2-1-3-7-19/h1-12,15,21H,13-14H2,(H,24,26)/t21-/m0/s1. The van der Waals surface area contributed by atoms with Crippen LogP contribution in [0.1, 0.15) is 10.9 Å². The molecule has 1 atom stereocenters. The van der Waals surface area contributed by atoms with Gasteiger partial charge >= 0.3 is 6.03 Å². The molecule has 1 heterocycles. The zero-order valence-corrected chi connectivity index (χ0v) is 16.6. The highest BCUT2D eigenvalue weighted by atomic mass is 35.5. The number of hydrogen-bond donors (Lipinski definition) is 1. The van der Waals surface area contributed by atoms with Gasteiger partial charge in [0.2, 0.25) is 0 Å². The Labute approximate surface area is 173 Å². The van der Waals surface area contributed by atoms with Gasteiger partial charge in [0.05, 0.1) is 0 Å². The Hall–Kier alpha value is -2.63. The highest BCUT2D eigenvalue weighted by Crippen LogP contribution is 2.39. The summed E-state index contributed by atoms with van der Waals surface area (Å²) < 4.78 is 5.94. The molecule has 1 saturated heterocycles. The molecule has 0 unspecified atom stereocenters. The lowest BCUT2D eigenvalue weighted by atomic mass is 10.2. The van der Waals surface area contributed by atoms with Gasteiger partial charge in [0.25, 0.3) is 0 Å². The first-order valence-corrected chi connectivity index (χ1v) is 10.4. The van der Waals surface area contributed by atoms with Gasteiger partial charge in [-0.15, -0.1) is 11.8 Å². The maximum absolute atomic E-state index is 12.8. The topological polar surface area (TPSA) is 41.6 Å². The molecule has 3 aromatic carbocycles. The number of nitrogens with one attached hydrogen (secondary N) is 1. The highest BCUT2D eigenvalue weighted by molar-refractivity contribution is 7.99. The molecule has 0 radical (unpaired) electrons. The molecule has 1 fully saturated rings. The molecule has 1 aliphatic rings. The molecule has 4 nitrogen and oxygen atoms in total. The lowest BCUT2D eigenvalue weighted by Gasteiger charge is -2.24. The van der Waals surface area contributed by atoms with Gasteiger partial charge < -0.3 is 15.0 Å². The number of benzene rings is 3. The van der Waals surface area contributed by atoms with Gasteiger partial charge in [-0.25, -0.2) is 4.79 Å². The predicted molar refractivity (Wildman–Crippen MR) is 115 cm³/mol. The summed E-state index contributed by atoms with van der Waals surface area (Å²) in [5, 5.41) is 3.54. The van der Waals surface area contributed by atoms with E-state index in [1.165, 1.54) is 0 Å². The zero-order valence-electron chi connectivity index (χ0n) is 15.0. The number of carbonyl (C=O) groups is 1. The molecule has 0 saturated carbocycles. The number of para-hydroxylation sites is 1. The Morgan fingerprint density at radius 3 is 2.54 bits per heavy atom. The van der Waals surface area contributed by atoms with Gasteiger partial charge in [-0.3, -0.25) is 0 Å². The first-order chi connectivity index (χ1) is 13.7. The van der Waals surface area contributed by atoms with E-state index in [0.717, 1.165) is 28.5 Å². The van der Waals surface area contributed by atoms with Crippen LogP contribution in [0.25, 0.3) is 0 Å². The minimum atomic E-state index is -0.119. The van der Waals surface area contributed by atoms with Crippen LogP contribution in [0.5, 0.6) is 11.5 Å². The molecular weight excluding hydrogens is 392 g/mol. The first-order valence-electron chi connectivity index (χ1n) is 8.97. The summed E-state index contributed by atoms with van der Waals surface area (Å²) in [6.07, 6.45) is 0. The number of hydrogen-bond acceptors (Lipinski definition) is 3. The van der Waals surface area contributed by atoms with Crippen molar-refractivity contribution in [2.45, 2.75) is 5.37 Å². The molecule has 4 rings (SSSR count). The Kier molecular flexibility index (Phi) is 5.74. The highest BCUT2D eigenvalue weighted by Gasteiger charge is 2.31. The van der Waals surface area contributed by atoms with E-state index in [2.05, 4.69) is 5.32 Å². The molecule has 1 N–H and O–H groups in total. The number of urea groups is 1. The van der Waals surface area contributed by atoms with Crippen molar-refractivity contribution in [2.24, 2.45) is 0 Å². The van der Waals surface area contributed by atoms with E-state index in [-0.39, 0.29) is 11.4 Å². The minimum Gasteiger partial charge on any atom is -0.457 e. The van der Waals surface area contributed by atoms with E-state index in [0.29, 0.717) is 11.6 Å². The average molecular weight is 411 g/mol. The number of anilines is 1. The fraction of sp³-hybridized carbons (Fsp3) is 0.136. The second-order valence-electron chi connectivity index (χ2n) is 6.34. The maximum atomic E-state index is 12.8. The summed E-state index contributed by atoms with van der Waals surface area (Å²) in [4.78, 5) is 14.6. The summed E-state index contributed by atoms with van der Waals surface area (Å²) in [5.41, 5.74) is 1.77. The fourth-order valence-electron chi connectivity index (χ4n) is 3.04. The third-order valence-electron chi connectivity index (χ3n) is 4.37. The van der Waals surface area contributed by atoms with Crippen LogP contribution in [-0.2, 0) is 0 Å². The van der Waals surface area contributed by atoms with Crippen molar-refractivity contribution in [3.8, 4) is 11.5 Å². The van der Waals surface area contributed by atoms with Crippen LogP contribution in [0, 0.1) is 0 Å². The van der Waals surface area contributed by atoms with Crippen LogP contribution < -0.4 is 10.1 Å². The van der Waals surface area contributed by atoms with E-state index in [1.807, 2.05) is 59.5 Å². The Morgan fingerprint density at radius 1 is 1.00 bits per heavy atom. The fourth-order valence-corrected chi connectivity index (χ4v) is 4.41. The van der Waals surface area contributed by atoms with E-state index in [9.17, 15) is 4.79 Å². The van der Waals surface area contributed by atoms with E-state index >= 15 is 0 Å².